The van der Waals surface area contributed by atoms with E-state index in [9.17, 15) is 4.79 Å². The molecule has 1 saturated heterocycles. The van der Waals surface area contributed by atoms with Crippen LogP contribution in [-0.2, 0) is 17.9 Å². The monoisotopic (exact) mass is 412 g/mol. The molecule has 1 aliphatic heterocycles. The summed E-state index contributed by atoms with van der Waals surface area (Å²) in [6.45, 7) is 4.13. The Morgan fingerprint density at radius 3 is 2.66 bits per heavy atom. The molecule has 3 rings (SSSR count). The van der Waals surface area contributed by atoms with E-state index in [0.29, 0.717) is 25.3 Å². The maximum Gasteiger partial charge on any atom is 0.232 e. The second-order valence-corrected chi connectivity index (χ2v) is 8.26. The molecule has 0 spiro atoms. The molecule has 0 unspecified atom stereocenters. The van der Waals surface area contributed by atoms with Gasteiger partial charge in [-0.05, 0) is 31.5 Å². The summed E-state index contributed by atoms with van der Waals surface area (Å²) < 4.78 is 2.14. The first-order chi connectivity index (χ1) is 14.2. The van der Waals surface area contributed by atoms with Crippen LogP contribution >= 0.6 is 11.8 Å². The fourth-order valence-electron chi connectivity index (χ4n) is 3.36. The number of likely N-dealkylation sites (tertiary alicyclic amines) is 1. The lowest BCUT2D eigenvalue weighted by Gasteiger charge is -2.26. The molecule has 1 aromatic heterocycles. The number of benzene rings is 1. The van der Waals surface area contributed by atoms with Crippen molar-refractivity contribution in [1.29, 1.82) is 5.26 Å². The molecule has 2 heterocycles. The fourth-order valence-corrected chi connectivity index (χ4v) is 4.26. The van der Waals surface area contributed by atoms with Crippen LogP contribution in [0.1, 0.15) is 37.1 Å². The molecule has 0 aliphatic carbocycles. The van der Waals surface area contributed by atoms with Gasteiger partial charge in [-0.3, -0.25) is 9.69 Å². The Morgan fingerprint density at radius 2 is 1.93 bits per heavy atom. The van der Waals surface area contributed by atoms with Gasteiger partial charge in [0.1, 0.15) is 5.82 Å². The van der Waals surface area contributed by atoms with Crippen LogP contribution in [0.4, 0.5) is 0 Å². The summed E-state index contributed by atoms with van der Waals surface area (Å²) in [5.74, 6) is 1.24. The molecule has 1 fully saturated rings. The van der Waals surface area contributed by atoms with E-state index in [0.717, 1.165) is 30.6 Å². The molecule has 154 valence electrons. The Balaban J connectivity index is 1.71. The third-order valence-corrected chi connectivity index (χ3v) is 6.05. The predicted molar refractivity (Wildman–Crippen MR) is 113 cm³/mol. The lowest BCUT2D eigenvalue weighted by molar-refractivity contribution is -0.127. The molecule has 0 N–H and O–H groups in total. The van der Waals surface area contributed by atoms with Gasteiger partial charge in [0.15, 0.2) is 5.16 Å². The third kappa shape index (κ3) is 6.31. The largest absolute Gasteiger partial charge is 0.344 e. The lowest BCUT2D eigenvalue weighted by Crippen LogP contribution is -2.30. The molecule has 1 amide bonds. The van der Waals surface area contributed by atoms with Crippen LogP contribution in [0.25, 0.3) is 0 Å². The lowest BCUT2D eigenvalue weighted by atomic mass is 10.1. The molecule has 0 atom stereocenters. The van der Waals surface area contributed by atoms with Crippen LogP contribution in [0.5, 0.6) is 0 Å². The van der Waals surface area contributed by atoms with Crippen LogP contribution < -0.4 is 0 Å². The summed E-state index contributed by atoms with van der Waals surface area (Å²) in [6.07, 6.45) is 4.11. The van der Waals surface area contributed by atoms with Crippen molar-refractivity contribution in [3.63, 3.8) is 0 Å². The first-order valence-corrected chi connectivity index (χ1v) is 11.1. The van der Waals surface area contributed by atoms with E-state index >= 15 is 0 Å². The van der Waals surface area contributed by atoms with E-state index in [1.54, 1.807) is 11.9 Å². The molecule has 2 aromatic rings. The van der Waals surface area contributed by atoms with Crippen LogP contribution in [-0.4, -0.2) is 62.9 Å². The normalized spacial score (nSPS) is 14.5. The number of thioether (sulfide) groups is 1. The van der Waals surface area contributed by atoms with Gasteiger partial charge >= 0.3 is 0 Å². The second-order valence-electron chi connectivity index (χ2n) is 7.32. The van der Waals surface area contributed by atoms with E-state index in [1.165, 1.54) is 36.6 Å². The van der Waals surface area contributed by atoms with Crippen molar-refractivity contribution in [2.75, 3.05) is 32.4 Å². The van der Waals surface area contributed by atoms with E-state index < -0.39 is 0 Å². The highest BCUT2D eigenvalue weighted by Crippen LogP contribution is 2.21. The van der Waals surface area contributed by atoms with Gasteiger partial charge in [0.25, 0.3) is 0 Å². The molecule has 1 aromatic carbocycles. The van der Waals surface area contributed by atoms with Crippen molar-refractivity contribution in [3.05, 3.63) is 41.7 Å². The first-order valence-electron chi connectivity index (χ1n) is 10.1. The Hall–Kier alpha value is -2.37. The summed E-state index contributed by atoms with van der Waals surface area (Å²) in [5.41, 5.74) is 1.19. The van der Waals surface area contributed by atoms with Crippen molar-refractivity contribution < 1.29 is 4.79 Å². The van der Waals surface area contributed by atoms with Gasteiger partial charge in [-0.2, -0.15) is 5.26 Å². The van der Waals surface area contributed by atoms with Crippen LogP contribution in [0.2, 0.25) is 0 Å². The minimum atomic E-state index is -0.00269. The van der Waals surface area contributed by atoms with Crippen molar-refractivity contribution in [3.8, 4) is 6.07 Å². The summed E-state index contributed by atoms with van der Waals surface area (Å²) in [5, 5.41) is 18.3. The summed E-state index contributed by atoms with van der Waals surface area (Å²) in [7, 11) is 1.73. The van der Waals surface area contributed by atoms with E-state index in [1.807, 2.05) is 18.2 Å². The molecule has 29 heavy (non-hydrogen) atoms. The Morgan fingerprint density at radius 1 is 1.17 bits per heavy atom. The van der Waals surface area contributed by atoms with Gasteiger partial charge in [-0.1, -0.05) is 48.5 Å². The molecule has 0 saturated carbocycles. The van der Waals surface area contributed by atoms with Crippen LogP contribution in [0.15, 0.2) is 35.5 Å². The molecule has 7 nitrogen and oxygen atoms in total. The molecular weight excluding hydrogens is 384 g/mol. The van der Waals surface area contributed by atoms with Crippen molar-refractivity contribution in [1.82, 2.24) is 24.6 Å². The van der Waals surface area contributed by atoms with Gasteiger partial charge < -0.3 is 9.47 Å². The Labute approximate surface area is 176 Å². The number of hydrogen-bond acceptors (Lipinski definition) is 6. The maximum absolute atomic E-state index is 12.3. The summed E-state index contributed by atoms with van der Waals surface area (Å²) >= 11 is 1.42. The number of nitriles is 1. The minimum Gasteiger partial charge on any atom is -0.344 e. The molecule has 1 aliphatic rings. The first kappa shape index (κ1) is 21.3. The quantitative estimate of drug-likeness (QED) is 0.590. The average molecular weight is 413 g/mol. The number of piperidine rings is 1. The van der Waals surface area contributed by atoms with Gasteiger partial charge in [0.05, 0.1) is 31.3 Å². The SMILES string of the molecule is CN(CCC#N)C(=O)CSc1nnc(CN2CCCCC2)n1Cc1ccccc1. The zero-order valence-corrected chi connectivity index (χ0v) is 17.8. The highest BCUT2D eigenvalue weighted by molar-refractivity contribution is 7.99. The molecule has 0 radical (unpaired) electrons. The van der Waals surface area contributed by atoms with E-state index in [-0.39, 0.29) is 5.91 Å². The van der Waals surface area contributed by atoms with Crippen LogP contribution in [0.3, 0.4) is 0 Å². The molecule has 8 heteroatoms. The average Bonchev–Trinajstić information content (AvgIpc) is 3.12. The predicted octanol–water partition coefficient (Wildman–Crippen LogP) is 2.78. The number of carbonyl (C=O) groups is 1. The fraction of sp³-hybridized carbons (Fsp3) is 0.524. The third-order valence-electron chi connectivity index (χ3n) is 5.10. The smallest absolute Gasteiger partial charge is 0.232 e. The zero-order chi connectivity index (χ0) is 20.5. The maximum atomic E-state index is 12.3. The molecule has 0 bridgehead atoms. The number of carbonyl (C=O) groups excluding carboxylic acids is 1. The zero-order valence-electron chi connectivity index (χ0n) is 17.0. The van der Waals surface area contributed by atoms with Crippen molar-refractivity contribution >= 4 is 17.7 Å². The number of nitrogens with zero attached hydrogens (tertiary/aromatic N) is 6. The topological polar surface area (TPSA) is 78.0 Å². The highest BCUT2D eigenvalue weighted by atomic mass is 32.2. The molecular formula is C21H28N6OS. The number of aromatic nitrogens is 3. The standard InChI is InChI=1S/C21H28N6OS/c1-25(12-8-11-22)20(28)17-29-21-24-23-19(16-26-13-6-3-7-14-26)27(21)15-18-9-4-2-5-10-18/h2,4-5,9-10H,3,6-8,12-17H2,1H3. The number of amides is 1. The highest BCUT2D eigenvalue weighted by Gasteiger charge is 2.19. The van der Waals surface area contributed by atoms with E-state index in [4.69, 9.17) is 5.26 Å². The van der Waals surface area contributed by atoms with Crippen LogP contribution in [0, 0.1) is 11.3 Å². The minimum absolute atomic E-state index is 0.00269. The van der Waals surface area contributed by atoms with Gasteiger partial charge in [0.2, 0.25) is 5.91 Å². The van der Waals surface area contributed by atoms with Gasteiger partial charge in [-0.15, -0.1) is 10.2 Å². The van der Waals surface area contributed by atoms with E-state index in [2.05, 4.69) is 37.9 Å². The van der Waals surface area contributed by atoms with Crippen molar-refractivity contribution in [2.45, 2.75) is 43.9 Å². The number of rotatable bonds is 9. The van der Waals surface area contributed by atoms with Crippen molar-refractivity contribution in [2.24, 2.45) is 0 Å². The van der Waals surface area contributed by atoms with Gasteiger partial charge in [-0.25, -0.2) is 0 Å². The summed E-state index contributed by atoms with van der Waals surface area (Å²) in [4.78, 5) is 16.4. The Kier molecular flexibility index (Phi) is 8.08. The number of hydrogen-bond donors (Lipinski definition) is 0. The Bertz CT molecular complexity index is 825. The summed E-state index contributed by atoms with van der Waals surface area (Å²) in [6, 6.07) is 12.3. The van der Waals surface area contributed by atoms with Gasteiger partial charge in [0, 0.05) is 13.6 Å². The second kappa shape index (κ2) is 11.0.